The first-order valence-corrected chi connectivity index (χ1v) is 11.8. The number of ketones is 1. The zero-order valence-electron chi connectivity index (χ0n) is 19.2. The largest absolute Gasteiger partial charge is 0.494 e. The maximum absolute atomic E-state index is 13.6. The fraction of sp³-hybridized carbons (Fsp3) is 0.276. The highest BCUT2D eigenvalue weighted by atomic mass is 16.5. The van der Waals surface area contributed by atoms with E-state index >= 15 is 0 Å². The van der Waals surface area contributed by atoms with E-state index in [1.54, 1.807) is 0 Å². The van der Waals surface area contributed by atoms with Crippen molar-refractivity contribution in [3.63, 3.8) is 0 Å². The molecule has 1 aliphatic heterocycles. The lowest BCUT2D eigenvalue weighted by Gasteiger charge is -2.30. The maximum atomic E-state index is 13.6. The Morgan fingerprint density at radius 2 is 1.58 bits per heavy atom. The molecular weight excluding hydrogens is 408 g/mol. The molecule has 168 valence electrons. The number of para-hydroxylation sites is 2. The summed E-state index contributed by atoms with van der Waals surface area (Å²) in [6.07, 6.45) is 2.31. The van der Waals surface area contributed by atoms with Crippen LogP contribution in [0, 0.1) is 6.92 Å². The molecule has 0 amide bonds. The summed E-state index contributed by atoms with van der Waals surface area (Å²) in [6, 6.07) is 24.7. The van der Waals surface area contributed by atoms with Gasteiger partial charge in [0.05, 0.1) is 24.0 Å². The first kappa shape index (κ1) is 21.3. The SMILES string of the molecule is CCCOc1ccc([C@H]2Nc3ccccc3NC3=C2C(=O)C[C@H](c2ccc(C)cc2)C3)cc1. The number of allylic oxidation sites excluding steroid dienone is 1. The molecule has 0 saturated carbocycles. The van der Waals surface area contributed by atoms with E-state index in [1.165, 1.54) is 11.1 Å². The fourth-order valence-electron chi connectivity index (χ4n) is 4.79. The van der Waals surface area contributed by atoms with E-state index in [-0.39, 0.29) is 17.7 Å². The number of fused-ring (bicyclic) bond motifs is 1. The number of anilines is 2. The third kappa shape index (κ3) is 4.38. The molecule has 4 nitrogen and oxygen atoms in total. The minimum absolute atomic E-state index is 0.181. The number of hydrogen-bond donors (Lipinski definition) is 2. The molecule has 0 aromatic heterocycles. The van der Waals surface area contributed by atoms with Crippen molar-refractivity contribution in [1.82, 2.24) is 0 Å². The lowest BCUT2D eigenvalue weighted by atomic mass is 9.78. The van der Waals surface area contributed by atoms with Crippen LogP contribution in [0.5, 0.6) is 5.75 Å². The summed E-state index contributed by atoms with van der Waals surface area (Å²) in [5, 5.41) is 7.26. The van der Waals surface area contributed by atoms with Gasteiger partial charge in [-0.1, -0.05) is 61.0 Å². The summed E-state index contributed by atoms with van der Waals surface area (Å²) in [4.78, 5) is 13.6. The molecule has 3 aromatic rings. The Bertz CT molecular complexity index is 1180. The fourth-order valence-corrected chi connectivity index (χ4v) is 4.79. The van der Waals surface area contributed by atoms with Crippen LogP contribution >= 0.6 is 0 Å². The molecule has 4 heteroatoms. The highest BCUT2D eigenvalue weighted by molar-refractivity contribution is 6.01. The van der Waals surface area contributed by atoms with E-state index in [2.05, 4.69) is 73.0 Å². The van der Waals surface area contributed by atoms with E-state index in [1.807, 2.05) is 24.3 Å². The third-order valence-electron chi connectivity index (χ3n) is 6.54. The highest BCUT2D eigenvalue weighted by Crippen LogP contribution is 2.44. The van der Waals surface area contributed by atoms with Gasteiger partial charge in [-0.25, -0.2) is 0 Å². The van der Waals surface area contributed by atoms with Crippen molar-refractivity contribution in [2.75, 3.05) is 17.2 Å². The minimum atomic E-state index is -0.206. The normalized spacial score (nSPS) is 19.6. The number of aryl methyl sites for hydroxylation is 1. The molecule has 5 rings (SSSR count). The van der Waals surface area contributed by atoms with Gasteiger partial charge >= 0.3 is 0 Å². The molecule has 0 unspecified atom stereocenters. The van der Waals surface area contributed by atoms with E-state index in [0.717, 1.165) is 46.8 Å². The average Bonchev–Trinajstić information content (AvgIpc) is 3.00. The van der Waals surface area contributed by atoms with Crippen molar-refractivity contribution >= 4 is 17.2 Å². The molecule has 3 aromatic carbocycles. The van der Waals surface area contributed by atoms with Gasteiger partial charge in [0.1, 0.15) is 5.75 Å². The van der Waals surface area contributed by atoms with Crippen molar-refractivity contribution in [3.8, 4) is 5.75 Å². The molecule has 2 N–H and O–H groups in total. The Hall–Kier alpha value is -3.53. The predicted molar refractivity (Wildman–Crippen MR) is 134 cm³/mol. The second kappa shape index (κ2) is 9.14. The van der Waals surface area contributed by atoms with Gasteiger partial charge in [-0.3, -0.25) is 4.79 Å². The number of nitrogens with one attached hydrogen (secondary N) is 2. The number of rotatable bonds is 5. The standard InChI is InChI=1S/C29H30N2O2/c1-3-16-33-23-14-12-21(13-15-23)29-28-26(30-24-6-4-5-7-25(24)31-29)17-22(18-27(28)32)20-10-8-19(2)9-11-20/h4-15,22,29-31H,3,16-18H2,1-2H3/t22-,29-/m1/s1. The Labute approximate surface area is 195 Å². The van der Waals surface area contributed by atoms with Crippen LogP contribution in [0.4, 0.5) is 11.4 Å². The minimum Gasteiger partial charge on any atom is -0.494 e. The van der Waals surface area contributed by atoms with Crippen LogP contribution in [0.2, 0.25) is 0 Å². The van der Waals surface area contributed by atoms with Crippen LogP contribution < -0.4 is 15.4 Å². The highest BCUT2D eigenvalue weighted by Gasteiger charge is 2.36. The van der Waals surface area contributed by atoms with E-state index in [4.69, 9.17) is 4.74 Å². The average molecular weight is 439 g/mol. The molecule has 0 saturated heterocycles. The lowest BCUT2D eigenvalue weighted by Crippen LogP contribution is -2.26. The Morgan fingerprint density at radius 1 is 0.879 bits per heavy atom. The van der Waals surface area contributed by atoms with Crippen molar-refractivity contribution in [1.29, 1.82) is 0 Å². The molecule has 0 fully saturated rings. The smallest absolute Gasteiger partial charge is 0.163 e. The van der Waals surface area contributed by atoms with Crippen LogP contribution in [-0.4, -0.2) is 12.4 Å². The number of ether oxygens (including phenoxy) is 1. The Morgan fingerprint density at radius 3 is 2.30 bits per heavy atom. The van der Waals surface area contributed by atoms with Gasteiger partial charge in [0.2, 0.25) is 0 Å². The monoisotopic (exact) mass is 438 g/mol. The van der Waals surface area contributed by atoms with Crippen LogP contribution in [-0.2, 0) is 4.79 Å². The Kier molecular flexibility index (Phi) is 5.91. The van der Waals surface area contributed by atoms with Crippen LogP contribution in [0.25, 0.3) is 0 Å². The van der Waals surface area contributed by atoms with Crippen LogP contribution in [0.15, 0.2) is 84.1 Å². The van der Waals surface area contributed by atoms with E-state index in [9.17, 15) is 4.79 Å². The van der Waals surface area contributed by atoms with Gasteiger partial charge in [0.25, 0.3) is 0 Å². The summed E-state index contributed by atoms with van der Waals surface area (Å²) in [6.45, 7) is 4.89. The van der Waals surface area contributed by atoms with Gasteiger partial charge in [-0.05, 0) is 61.1 Å². The predicted octanol–water partition coefficient (Wildman–Crippen LogP) is 6.76. The zero-order valence-corrected chi connectivity index (χ0v) is 19.2. The van der Waals surface area contributed by atoms with Crippen molar-refractivity contribution in [3.05, 3.63) is 101 Å². The van der Waals surface area contributed by atoms with Crippen molar-refractivity contribution in [2.24, 2.45) is 0 Å². The number of carbonyl (C=O) groups excluding carboxylic acids is 1. The van der Waals surface area contributed by atoms with Gasteiger partial charge in [0, 0.05) is 17.7 Å². The topological polar surface area (TPSA) is 50.4 Å². The molecule has 1 heterocycles. The molecule has 2 atom stereocenters. The molecule has 2 aliphatic rings. The van der Waals surface area contributed by atoms with Gasteiger partial charge in [-0.15, -0.1) is 0 Å². The number of hydrogen-bond acceptors (Lipinski definition) is 4. The molecule has 33 heavy (non-hydrogen) atoms. The maximum Gasteiger partial charge on any atom is 0.163 e. The summed E-state index contributed by atoms with van der Waals surface area (Å²) in [5.41, 5.74) is 7.39. The van der Waals surface area contributed by atoms with Crippen molar-refractivity contribution < 1.29 is 9.53 Å². The number of benzene rings is 3. The first-order chi connectivity index (χ1) is 16.1. The van der Waals surface area contributed by atoms with E-state index < -0.39 is 0 Å². The third-order valence-corrected chi connectivity index (χ3v) is 6.54. The summed E-state index contributed by atoms with van der Waals surface area (Å²) >= 11 is 0. The zero-order chi connectivity index (χ0) is 22.8. The molecule has 0 bridgehead atoms. The van der Waals surface area contributed by atoms with Crippen LogP contribution in [0.3, 0.4) is 0 Å². The van der Waals surface area contributed by atoms with E-state index in [0.29, 0.717) is 13.0 Å². The second-order valence-electron chi connectivity index (χ2n) is 9.00. The van der Waals surface area contributed by atoms with Gasteiger partial charge in [0.15, 0.2) is 5.78 Å². The molecular formula is C29H30N2O2. The molecule has 0 radical (unpaired) electrons. The molecule has 1 aliphatic carbocycles. The van der Waals surface area contributed by atoms with Crippen molar-refractivity contribution in [2.45, 2.75) is 45.1 Å². The van der Waals surface area contributed by atoms with Gasteiger partial charge < -0.3 is 15.4 Å². The lowest BCUT2D eigenvalue weighted by molar-refractivity contribution is -0.116. The quantitative estimate of drug-likeness (QED) is 0.462. The van der Waals surface area contributed by atoms with Gasteiger partial charge in [-0.2, -0.15) is 0 Å². The second-order valence-corrected chi connectivity index (χ2v) is 9.00. The summed E-state index contributed by atoms with van der Waals surface area (Å²) in [5.74, 6) is 1.24. The number of Topliss-reactive ketones (excluding diaryl/α,β-unsaturated/α-hetero) is 1. The molecule has 0 spiro atoms. The Balaban J connectivity index is 1.53. The van der Waals surface area contributed by atoms with Crippen LogP contribution in [0.1, 0.15) is 54.8 Å². The summed E-state index contributed by atoms with van der Waals surface area (Å²) < 4.78 is 5.77. The summed E-state index contributed by atoms with van der Waals surface area (Å²) in [7, 11) is 0. The number of carbonyl (C=O) groups is 1. The first-order valence-electron chi connectivity index (χ1n) is 11.8.